The molecule has 3 heterocycles. The topological polar surface area (TPSA) is 35.6 Å². The number of rotatable bonds is 4. The molecule has 4 nitrogen and oxygen atoms in total. The Morgan fingerprint density at radius 3 is 2.76 bits per heavy atom. The quantitative estimate of drug-likeness (QED) is 0.926. The van der Waals surface area contributed by atoms with Crippen LogP contribution in [-0.2, 0) is 4.79 Å². The molecule has 1 aromatic heterocycles. The Labute approximate surface area is 131 Å². The zero-order valence-electron chi connectivity index (χ0n) is 13.0. The van der Waals surface area contributed by atoms with Crippen LogP contribution < -0.4 is 5.32 Å². The van der Waals surface area contributed by atoms with Crippen molar-refractivity contribution in [3.63, 3.8) is 0 Å². The lowest BCUT2D eigenvalue weighted by Crippen LogP contribution is -2.34. The van der Waals surface area contributed by atoms with Gasteiger partial charge in [-0.1, -0.05) is 0 Å². The Bertz CT molecular complexity index is 493. The zero-order valence-corrected chi connectivity index (χ0v) is 13.8. The second-order valence-corrected chi connectivity index (χ2v) is 7.67. The molecular weight excluding hydrogens is 282 g/mol. The number of piperidine rings is 1. The Morgan fingerprint density at radius 1 is 1.33 bits per heavy atom. The largest absolute Gasteiger partial charge is 0.321 e. The van der Waals surface area contributed by atoms with Crippen LogP contribution in [0.25, 0.3) is 0 Å². The lowest BCUT2D eigenvalue weighted by molar-refractivity contribution is -0.128. The summed E-state index contributed by atoms with van der Waals surface area (Å²) in [5.74, 6) is 1.03. The van der Waals surface area contributed by atoms with Crippen molar-refractivity contribution in [3.05, 3.63) is 21.9 Å². The van der Waals surface area contributed by atoms with E-state index >= 15 is 0 Å². The molecule has 0 aromatic carbocycles. The second-order valence-electron chi connectivity index (χ2n) is 6.35. The molecule has 2 aliphatic rings. The zero-order chi connectivity index (χ0) is 14.8. The first-order valence-electron chi connectivity index (χ1n) is 7.91. The van der Waals surface area contributed by atoms with E-state index in [2.05, 4.69) is 36.3 Å². The molecule has 1 atom stereocenters. The van der Waals surface area contributed by atoms with Crippen molar-refractivity contribution in [3.8, 4) is 0 Å². The van der Waals surface area contributed by atoms with Crippen LogP contribution in [0.15, 0.2) is 12.1 Å². The monoisotopic (exact) mass is 307 g/mol. The van der Waals surface area contributed by atoms with Gasteiger partial charge in [-0.2, -0.15) is 0 Å². The fourth-order valence-corrected chi connectivity index (χ4v) is 4.29. The van der Waals surface area contributed by atoms with E-state index in [1.54, 1.807) is 11.3 Å². The van der Waals surface area contributed by atoms with Gasteiger partial charge in [-0.25, -0.2) is 0 Å². The van der Waals surface area contributed by atoms with Gasteiger partial charge >= 0.3 is 0 Å². The van der Waals surface area contributed by atoms with Gasteiger partial charge in [0.2, 0.25) is 5.91 Å². The van der Waals surface area contributed by atoms with E-state index in [9.17, 15) is 4.79 Å². The van der Waals surface area contributed by atoms with Gasteiger partial charge in [0.05, 0.1) is 6.54 Å². The van der Waals surface area contributed by atoms with Crippen molar-refractivity contribution in [2.75, 3.05) is 33.2 Å². The van der Waals surface area contributed by atoms with E-state index in [0.717, 1.165) is 18.9 Å². The van der Waals surface area contributed by atoms with Gasteiger partial charge in [-0.3, -0.25) is 10.1 Å². The Hall–Kier alpha value is -0.910. The number of hydrogen-bond donors (Lipinski definition) is 1. The number of likely N-dealkylation sites (tertiary alicyclic amines) is 1. The van der Waals surface area contributed by atoms with Crippen LogP contribution in [-0.4, -0.2) is 48.9 Å². The minimum absolute atomic E-state index is 0.0995. The molecule has 0 bridgehead atoms. The number of hydrogen-bond acceptors (Lipinski definition) is 4. The van der Waals surface area contributed by atoms with Crippen LogP contribution in [0, 0.1) is 12.8 Å². The highest BCUT2D eigenvalue weighted by Gasteiger charge is 2.32. The van der Waals surface area contributed by atoms with Crippen molar-refractivity contribution in [1.29, 1.82) is 0 Å². The lowest BCUT2D eigenvalue weighted by Gasteiger charge is -2.31. The molecular formula is C16H25N3OS. The molecule has 1 aromatic rings. The summed E-state index contributed by atoms with van der Waals surface area (Å²) in [6.07, 6.45) is 3.79. The van der Waals surface area contributed by atoms with E-state index in [-0.39, 0.29) is 12.1 Å². The second kappa shape index (κ2) is 6.46. The molecule has 1 N–H and O–H groups in total. The molecule has 5 heteroatoms. The van der Waals surface area contributed by atoms with E-state index in [0.29, 0.717) is 6.54 Å². The van der Waals surface area contributed by atoms with E-state index < -0.39 is 0 Å². The van der Waals surface area contributed by atoms with Crippen molar-refractivity contribution in [1.82, 2.24) is 15.1 Å². The van der Waals surface area contributed by atoms with Crippen molar-refractivity contribution < 1.29 is 4.79 Å². The highest BCUT2D eigenvalue weighted by Crippen LogP contribution is 2.30. The minimum Gasteiger partial charge on any atom is -0.321 e. The van der Waals surface area contributed by atoms with Crippen LogP contribution in [0.4, 0.5) is 0 Å². The Kier molecular flexibility index (Phi) is 4.62. The van der Waals surface area contributed by atoms with Gasteiger partial charge in [0.1, 0.15) is 6.17 Å². The van der Waals surface area contributed by atoms with Crippen LogP contribution in [0.5, 0.6) is 0 Å². The van der Waals surface area contributed by atoms with Gasteiger partial charge in [-0.15, -0.1) is 11.3 Å². The van der Waals surface area contributed by atoms with E-state index in [4.69, 9.17) is 0 Å². The molecule has 2 fully saturated rings. The summed E-state index contributed by atoms with van der Waals surface area (Å²) < 4.78 is 0. The standard InChI is InChI=1S/C16H25N3OS/c1-12-3-4-14(21-12)16-17-11-15(20)19(16)10-7-13-5-8-18(2)9-6-13/h3-4,13,16-17H,5-11H2,1-2H3. The number of carbonyl (C=O) groups excluding carboxylic acids is 1. The predicted octanol–water partition coefficient (Wildman–Crippen LogP) is 2.22. The molecule has 21 heavy (non-hydrogen) atoms. The van der Waals surface area contributed by atoms with Crippen molar-refractivity contribution in [2.45, 2.75) is 32.4 Å². The first-order valence-corrected chi connectivity index (χ1v) is 8.73. The van der Waals surface area contributed by atoms with Crippen molar-refractivity contribution in [2.24, 2.45) is 5.92 Å². The third kappa shape index (κ3) is 3.47. The number of aryl methyl sites for hydroxylation is 1. The highest BCUT2D eigenvalue weighted by atomic mass is 32.1. The summed E-state index contributed by atoms with van der Waals surface area (Å²) in [6.45, 7) is 5.89. The van der Waals surface area contributed by atoms with Crippen LogP contribution in [0.3, 0.4) is 0 Å². The number of thiophene rings is 1. The first kappa shape index (κ1) is 15.0. The van der Waals surface area contributed by atoms with Gasteiger partial charge < -0.3 is 9.80 Å². The third-order valence-electron chi connectivity index (χ3n) is 4.73. The maximum Gasteiger partial charge on any atom is 0.238 e. The minimum atomic E-state index is 0.0995. The van der Waals surface area contributed by atoms with Gasteiger partial charge in [0.25, 0.3) is 0 Å². The summed E-state index contributed by atoms with van der Waals surface area (Å²) in [7, 11) is 2.19. The SMILES string of the molecule is Cc1ccc(C2NCC(=O)N2CCC2CCN(C)CC2)s1. The number of nitrogens with zero attached hydrogens (tertiary/aromatic N) is 2. The lowest BCUT2D eigenvalue weighted by atomic mass is 9.93. The molecule has 0 aliphatic carbocycles. The summed E-state index contributed by atoms with van der Waals surface area (Å²) in [5, 5.41) is 3.36. The molecule has 1 amide bonds. The molecule has 0 saturated carbocycles. The average molecular weight is 307 g/mol. The van der Waals surface area contributed by atoms with Gasteiger partial charge in [0, 0.05) is 16.3 Å². The van der Waals surface area contributed by atoms with Gasteiger partial charge in [0.15, 0.2) is 0 Å². The predicted molar refractivity (Wildman–Crippen MR) is 86.4 cm³/mol. The Morgan fingerprint density at radius 2 is 2.10 bits per heavy atom. The molecule has 116 valence electrons. The molecule has 1 unspecified atom stereocenters. The molecule has 0 spiro atoms. The van der Waals surface area contributed by atoms with Crippen molar-refractivity contribution >= 4 is 17.2 Å². The van der Waals surface area contributed by atoms with E-state index in [1.807, 2.05) is 4.90 Å². The number of amides is 1. The van der Waals surface area contributed by atoms with Gasteiger partial charge in [-0.05, 0) is 64.4 Å². The average Bonchev–Trinajstić information content (AvgIpc) is 3.05. The summed E-state index contributed by atoms with van der Waals surface area (Å²) in [6, 6.07) is 4.29. The summed E-state index contributed by atoms with van der Waals surface area (Å²) in [5.41, 5.74) is 0. The third-order valence-corrected chi connectivity index (χ3v) is 5.78. The highest BCUT2D eigenvalue weighted by molar-refractivity contribution is 7.12. The smallest absolute Gasteiger partial charge is 0.238 e. The first-order chi connectivity index (χ1) is 10.1. The molecule has 2 aliphatic heterocycles. The maximum atomic E-state index is 12.1. The summed E-state index contributed by atoms with van der Waals surface area (Å²) in [4.78, 5) is 19.2. The molecule has 2 saturated heterocycles. The molecule has 0 radical (unpaired) electrons. The van der Waals surface area contributed by atoms with Crippen LogP contribution in [0.1, 0.15) is 35.2 Å². The van der Waals surface area contributed by atoms with E-state index in [1.165, 1.54) is 35.7 Å². The number of carbonyl (C=O) groups is 1. The van der Waals surface area contributed by atoms with Crippen LogP contribution >= 0.6 is 11.3 Å². The Balaban J connectivity index is 1.58. The summed E-state index contributed by atoms with van der Waals surface area (Å²) >= 11 is 1.79. The molecule has 3 rings (SSSR count). The maximum absolute atomic E-state index is 12.1. The normalized spacial score (nSPS) is 25.0. The fraction of sp³-hybridized carbons (Fsp3) is 0.688. The fourth-order valence-electron chi connectivity index (χ4n) is 3.32. The number of nitrogens with one attached hydrogen (secondary N) is 1. The van der Waals surface area contributed by atoms with Crippen LogP contribution in [0.2, 0.25) is 0 Å².